The van der Waals surface area contributed by atoms with Crippen LogP contribution < -0.4 is 14.8 Å². The van der Waals surface area contributed by atoms with Gasteiger partial charge in [0.15, 0.2) is 5.57 Å². The molecule has 4 nitrogen and oxygen atoms in total. The fraction of sp³-hybridized carbons (Fsp3) is 0.105. The Hall–Kier alpha value is -2.93. The number of hydrogen-bond donors (Lipinski definition) is 0. The molecule has 6 heteroatoms. The number of nitriles is 2. The summed E-state index contributed by atoms with van der Waals surface area (Å²) >= 11 is 2.72. The van der Waals surface area contributed by atoms with E-state index in [1.54, 1.807) is 17.4 Å². The van der Waals surface area contributed by atoms with Crippen LogP contribution >= 0.6 is 22.7 Å². The third kappa shape index (κ3) is 3.06. The summed E-state index contributed by atoms with van der Waals surface area (Å²) in [6.07, 6.45) is 1.80. The molecule has 0 spiro atoms. The number of rotatable bonds is 2. The smallest absolute Gasteiger partial charge is 0.267 e. The largest absolute Gasteiger partial charge is 0.273 e. The van der Waals surface area contributed by atoms with E-state index in [9.17, 15) is 15.3 Å². The lowest BCUT2D eigenvalue weighted by Crippen LogP contribution is -2.31. The Morgan fingerprint density at radius 3 is 2.40 bits per heavy atom. The zero-order valence-corrected chi connectivity index (χ0v) is 15.2. The van der Waals surface area contributed by atoms with Crippen LogP contribution in [0.5, 0.6) is 0 Å². The van der Waals surface area contributed by atoms with Crippen LogP contribution in [0.3, 0.4) is 0 Å². The summed E-state index contributed by atoms with van der Waals surface area (Å²) in [5, 5.41) is 22.5. The molecule has 1 aromatic carbocycles. The zero-order chi connectivity index (χ0) is 18.0. The molecule has 0 aliphatic carbocycles. The highest BCUT2D eigenvalue weighted by molar-refractivity contribution is 7.08. The van der Waals surface area contributed by atoms with Crippen molar-refractivity contribution in [2.45, 2.75) is 13.8 Å². The second-order valence-electron chi connectivity index (χ2n) is 5.45. The summed E-state index contributed by atoms with van der Waals surface area (Å²) in [6, 6.07) is 11.5. The van der Waals surface area contributed by atoms with E-state index in [-0.39, 0.29) is 11.1 Å². The first-order valence-electron chi connectivity index (χ1n) is 7.43. The summed E-state index contributed by atoms with van der Waals surface area (Å²) in [5.41, 5.74) is 3.21. The molecule has 0 aliphatic rings. The van der Waals surface area contributed by atoms with E-state index in [4.69, 9.17) is 0 Å². The molecule has 0 bridgehead atoms. The van der Waals surface area contributed by atoms with Gasteiger partial charge in [0.05, 0.1) is 10.2 Å². The van der Waals surface area contributed by atoms with E-state index >= 15 is 0 Å². The summed E-state index contributed by atoms with van der Waals surface area (Å²) in [7, 11) is 0. The van der Waals surface area contributed by atoms with Crippen molar-refractivity contribution < 1.29 is 0 Å². The molecule has 2 heterocycles. The second-order valence-corrected chi connectivity index (χ2v) is 7.26. The minimum Gasteiger partial charge on any atom is -0.267 e. The van der Waals surface area contributed by atoms with Crippen LogP contribution in [0, 0.1) is 36.5 Å². The number of para-hydroxylation sites is 1. The highest BCUT2D eigenvalue weighted by atomic mass is 32.1. The predicted octanol–water partition coefficient (Wildman–Crippen LogP) is 2.60. The van der Waals surface area contributed by atoms with E-state index in [0.717, 1.165) is 22.4 Å². The second kappa shape index (κ2) is 6.90. The summed E-state index contributed by atoms with van der Waals surface area (Å²) in [5.74, 6) is 0. The number of thiophene rings is 1. The van der Waals surface area contributed by atoms with E-state index in [1.165, 1.54) is 15.9 Å². The monoisotopic (exact) mass is 363 g/mol. The molecule has 0 radical (unpaired) electrons. The SMILES string of the molecule is Cc1cccc(C)c1-n1c(=C(C#N)C#N)s/c(=C/c2ccsc2)c1=O. The molecule has 0 fully saturated rings. The molecule has 0 saturated carbocycles. The van der Waals surface area contributed by atoms with Gasteiger partial charge in [-0.3, -0.25) is 9.36 Å². The Morgan fingerprint density at radius 1 is 1.16 bits per heavy atom. The number of aryl methyl sites for hydroxylation is 2. The predicted molar refractivity (Wildman–Crippen MR) is 101 cm³/mol. The van der Waals surface area contributed by atoms with E-state index < -0.39 is 0 Å². The number of thiazole rings is 1. The Morgan fingerprint density at radius 2 is 1.84 bits per heavy atom. The Bertz CT molecular complexity index is 1160. The quantitative estimate of drug-likeness (QED) is 0.703. The van der Waals surface area contributed by atoms with Gasteiger partial charge in [-0.1, -0.05) is 18.2 Å². The highest BCUT2D eigenvalue weighted by Gasteiger charge is 2.14. The third-order valence-electron chi connectivity index (χ3n) is 3.77. The summed E-state index contributed by atoms with van der Waals surface area (Å²) in [4.78, 5) is 13.1. The lowest BCUT2D eigenvalue weighted by atomic mass is 10.1. The molecule has 0 atom stereocenters. The average Bonchev–Trinajstić information content (AvgIpc) is 3.20. The van der Waals surface area contributed by atoms with Crippen LogP contribution in [-0.4, -0.2) is 4.57 Å². The molecule has 0 N–H and O–H groups in total. The lowest BCUT2D eigenvalue weighted by molar-refractivity contribution is 0.962. The summed E-state index contributed by atoms with van der Waals surface area (Å²) in [6.45, 7) is 3.83. The van der Waals surface area contributed by atoms with E-state index in [1.807, 2.05) is 61.0 Å². The molecular formula is C19H13N3OS2. The molecule has 3 aromatic rings. The van der Waals surface area contributed by atoms with Crippen LogP contribution in [0.15, 0.2) is 39.8 Å². The van der Waals surface area contributed by atoms with Crippen LogP contribution in [0.1, 0.15) is 16.7 Å². The van der Waals surface area contributed by atoms with Crippen molar-refractivity contribution >= 4 is 34.3 Å². The van der Waals surface area contributed by atoms with Crippen molar-refractivity contribution in [1.29, 1.82) is 10.5 Å². The lowest BCUT2D eigenvalue weighted by Gasteiger charge is -2.10. The molecule has 122 valence electrons. The molecule has 0 aliphatic heterocycles. The van der Waals surface area contributed by atoms with Gasteiger partial charge in [0.1, 0.15) is 16.8 Å². The molecule has 0 saturated heterocycles. The van der Waals surface area contributed by atoms with Crippen LogP contribution in [0.4, 0.5) is 0 Å². The molecule has 2 aromatic heterocycles. The fourth-order valence-corrected chi connectivity index (χ4v) is 4.30. The van der Waals surface area contributed by atoms with Gasteiger partial charge >= 0.3 is 0 Å². The highest BCUT2D eigenvalue weighted by Crippen LogP contribution is 2.16. The Kier molecular flexibility index (Phi) is 4.67. The van der Waals surface area contributed by atoms with Crippen LogP contribution in [0.25, 0.3) is 17.3 Å². The fourth-order valence-electron chi connectivity index (χ4n) is 2.64. The van der Waals surface area contributed by atoms with Crippen molar-refractivity contribution in [2.24, 2.45) is 0 Å². The molecule has 3 rings (SSSR count). The van der Waals surface area contributed by atoms with Crippen molar-refractivity contribution in [1.82, 2.24) is 4.57 Å². The van der Waals surface area contributed by atoms with Gasteiger partial charge < -0.3 is 0 Å². The maximum atomic E-state index is 13.1. The number of benzene rings is 1. The Balaban J connectivity index is 2.50. The van der Waals surface area contributed by atoms with Gasteiger partial charge in [0.2, 0.25) is 0 Å². The summed E-state index contributed by atoms with van der Waals surface area (Å²) < 4.78 is 2.36. The maximum absolute atomic E-state index is 13.1. The van der Waals surface area contributed by atoms with Gasteiger partial charge in [-0.05, 0) is 53.4 Å². The molecule has 0 unspecified atom stereocenters. The molecule has 25 heavy (non-hydrogen) atoms. The topological polar surface area (TPSA) is 69.6 Å². The van der Waals surface area contributed by atoms with Crippen LogP contribution in [0.2, 0.25) is 0 Å². The number of nitrogens with zero attached hydrogens (tertiary/aromatic N) is 3. The van der Waals surface area contributed by atoms with Crippen molar-refractivity contribution in [3.05, 3.63) is 71.3 Å². The Labute approximate surface area is 152 Å². The average molecular weight is 363 g/mol. The zero-order valence-electron chi connectivity index (χ0n) is 13.6. The van der Waals surface area contributed by atoms with Crippen molar-refractivity contribution in [3.63, 3.8) is 0 Å². The van der Waals surface area contributed by atoms with Gasteiger partial charge in [-0.25, -0.2) is 0 Å². The minimum absolute atomic E-state index is 0.0604. The first-order valence-corrected chi connectivity index (χ1v) is 9.19. The first-order chi connectivity index (χ1) is 12.1. The first kappa shape index (κ1) is 16.9. The number of hydrogen-bond acceptors (Lipinski definition) is 5. The van der Waals surface area contributed by atoms with Gasteiger partial charge in [0.25, 0.3) is 5.56 Å². The maximum Gasteiger partial charge on any atom is 0.273 e. The number of aromatic nitrogens is 1. The van der Waals surface area contributed by atoms with Gasteiger partial charge in [0, 0.05) is 0 Å². The normalized spacial score (nSPS) is 11.1. The van der Waals surface area contributed by atoms with Gasteiger partial charge in [-0.2, -0.15) is 21.9 Å². The molecule has 0 amide bonds. The van der Waals surface area contributed by atoms with E-state index in [2.05, 4.69) is 0 Å². The van der Waals surface area contributed by atoms with Crippen molar-refractivity contribution in [2.75, 3.05) is 0 Å². The molecular weight excluding hydrogens is 350 g/mol. The van der Waals surface area contributed by atoms with E-state index in [0.29, 0.717) is 9.20 Å². The minimum atomic E-state index is -0.216. The standard InChI is InChI=1S/C19H13N3OS2/c1-12-4-3-5-13(2)17(12)22-18(23)16(8-14-6-7-24-11-14)25-19(22)15(9-20)10-21/h3-8,11H,1-2H3/b16-8+. The third-order valence-corrected chi connectivity index (χ3v) is 5.56. The van der Waals surface area contributed by atoms with Crippen LogP contribution in [-0.2, 0) is 0 Å². The van der Waals surface area contributed by atoms with Gasteiger partial charge in [-0.15, -0.1) is 11.3 Å². The van der Waals surface area contributed by atoms with Crippen molar-refractivity contribution in [3.8, 4) is 17.8 Å².